The maximum atomic E-state index is 12.7. The second-order valence-electron chi connectivity index (χ2n) is 3.32. The first-order valence-corrected chi connectivity index (χ1v) is 5.63. The average molecular weight is 295 g/mol. The van der Waals surface area contributed by atoms with Crippen molar-refractivity contribution >= 4 is 27.7 Å². The molecule has 2 rings (SSSR count). The summed E-state index contributed by atoms with van der Waals surface area (Å²) in [4.78, 5) is 15.7. The Bertz CT molecular complexity index is 542. The second kappa shape index (κ2) is 5.05. The van der Waals surface area contributed by atoms with Crippen molar-refractivity contribution < 1.29 is 9.18 Å². The molecule has 0 aliphatic carbocycles. The van der Waals surface area contributed by atoms with Crippen LogP contribution in [0.4, 0.5) is 10.2 Å². The first-order valence-electron chi connectivity index (χ1n) is 4.83. The predicted octanol–water partition coefficient (Wildman–Crippen LogP) is 3.24. The van der Waals surface area contributed by atoms with Crippen LogP contribution in [0.25, 0.3) is 0 Å². The number of rotatable bonds is 2. The van der Waals surface area contributed by atoms with Crippen molar-refractivity contribution in [3.05, 3.63) is 58.4 Å². The summed E-state index contributed by atoms with van der Waals surface area (Å²) in [5, 5.41) is 2.62. The minimum absolute atomic E-state index is 0.324. The van der Waals surface area contributed by atoms with Crippen LogP contribution in [-0.4, -0.2) is 10.9 Å². The number of nitrogens with zero attached hydrogens (tertiary/aromatic N) is 1. The fourth-order valence-corrected chi connectivity index (χ4v) is 1.60. The Morgan fingerprint density at radius 2 is 1.94 bits per heavy atom. The number of hydrogen-bond acceptors (Lipinski definition) is 2. The quantitative estimate of drug-likeness (QED) is 0.924. The van der Waals surface area contributed by atoms with E-state index in [4.69, 9.17) is 0 Å². The second-order valence-corrected chi connectivity index (χ2v) is 4.24. The third-order valence-corrected chi connectivity index (χ3v) is 2.56. The lowest BCUT2D eigenvalue weighted by atomic mass is 10.2. The van der Waals surface area contributed by atoms with E-state index in [2.05, 4.69) is 26.2 Å². The molecule has 0 atom stereocenters. The van der Waals surface area contributed by atoms with Crippen LogP contribution >= 0.6 is 15.9 Å². The molecule has 0 saturated heterocycles. The average Bonchev–Trinajstić information content (AvgIpc) is 2.29. The number of pyridine rings is 1. The first kappa shape index (κ1) is 11.7. The lowest BCUT2D eigenvalue weighted by molar-refractivity contribution is 0.102. The summed E-state index contributed by atoms with van der Waals surface area (Å²) in [7, 11) is 0. The summed E-state index contributed by atoms with van der Waals surface area (Å²) in [6.07, 6.45) is 1.57. The number of hydrogen-bond donors (Lipinski definition) is 1. The number of nitrogens with one attached hydrogen (secondary N) is 1. The summed E-state index contributed by atoms with van der Waals surface area (Å²) in [5.74, 6) is -0.258. The largest absolute Gasteiger partial charge is 0.307 e. The molecule has 0 spiro atoms. The van der Waals surface area contributed by atoms with Crippen LogP contribution in [0.3, 0.4) is 0 Å². The predicted molar refractivity (Wildman–Crippen MR) is 66.3 cm³/mol. The fraction of sp³-hybridized carbons (Fsp3) is 0. The minimum atomic E-state index is -0.373. The highest BCUT2D eigenvalue weighted by Gasteiger charge is 2.06. The van der Waals surface area contributed by atoms with Crippen molar-refractivity contribution in [3.8, 4) is 0 Å². The van der Waals surface area contributed by atoms with Gasteiger partial charge in [-0.1, -0.05) is 15.9 Å². The Kier molecular flexibility index (Phi) is 3.49. The summed E-state index contributed by atoms with van der Waals surface area (Å²) >= 11 is 3.28. The molecular weight excluding hydrogens is 287 g/mol. The lowest BCUT2D eigenvalue weighted by Gasteiger charge is -2.04. The molecule has 0 fully saturated rings. The van der Waals surface area contributed by atoms with Gasteiger partial charge in [-0.3, -0.25) is 4.79 Å². The van der Waals surface area contributed by atoms with E-state index < -0.39 is 0 Å². The fourth-order valence-electron chi connectivity index (χ4n) is 1.26. The maximum absolute atomic E-state index is 12.7. The zero-order chi connectivity index (χ0) is 12.3. The van der Waals surface area contributed by atoms with Crippen LogP contribution in [0.5, 0.6) is 0 Å². The highest BCUT2D eigenvalue weighted by Crippen LogP contribution is 2.13. The molecule has 1 heterocycles. The Labute approximate surface area is 106 Å². The normalized spacial score (nSPS) is 10.0. The van der Waals surface area contributed by atoms with E-state index in [1.807, 2.05) is 0 Å². The third kappa shape index (κ3) is 3.10. The van der Waals surface area contributed by atoms with Crippen LogP contribution in [-0.2, 0) is 0 Å². The topological polar surface area (TPSA) is 42.0 Å². The van der Waals surface area contributed by atoms with Gasteiger partial charge in [-0.2, -0.15) is 0 Å². The summed E-state index contributed by atoms with van der Waals surface area (Å²) in [6.45, 7) is 0. The van der Waals surface area contributed by atoms with Crippen LogP contribution in [0.2, 0.25) is 0 Å². The summed E-state index contributed by atoms with van der Waals surface area (Å²) in [6, 6.07) is 8.76. The number of aromatic nitrogens is 1. The highest BCUT2D eigenvalue weighted by molar-refractivity contribution is 9.10. The standard InChI is InChI=1S/C12H8BrFN2O/c13-9-5-6-15-11(7-9)16-12(17)8-1-3-10(14)4-2-8/h1-7H,(H,15,16,17). The molecule has 0 saturated carbocycles. The molecule has 0 aliphatic heterocycles. The van der Waals surface area contributed by atoms with Gasteiger partial charge in [-0.15, -0.1) is 0 Å². The maximum Gasteiger partial charge on any atom is 0.256 e. The van der Waals surface area contributed by atoms with Crippen LogP contribution in [0.1, 0.15) is 10.4 Å². The summed E-state index contributed by atoms with van der Waals surface area (Å²) in [5.41, 5.74) is 0.383. The van der Waals surface area contributed by atoms with E-state index in [0.29, 0.717) is 11.4 Å². The SMILES string of the molecule is O=C(Nc1cc(Br)ccn1)c1ccc(F)cc1. The van der Waals surface area contributed by atoms with Gasteiger partial charge in [0, 0.05) is 16.2 Å². The van der Waals surface area contributed by atoms with Gasteiger partial charge < -0.3 is 5.32 Å². The highest BCUT2D eigenvalue weighted by atomic mass is 79.9. The summed E-state index contributed by atoms with van der Waals surface area (Å²) < 4.78 is 13.5. The molecule has 1 aromatic carbocycles. The molecule has 0 bridgehead atoms. The molecule has 17 heavy (non-hydrogen) atoms. The molecule has 0 radical (unpaired) electrons. The van der Waals surface area contributed by atoms with E-state index in [1.165, 1.54) is 24.3 Å². The minimum Gasteiger partial charge on any atom is -0.307 e. The zero-order valence-electron chi connectivity index (χ0n) is 8.65. The van der Waals surface area contributed by atoms with Gasteiger partial charge in [0.15, 0.2) is 0 Å². The van der Waals surface area contributed by atoms with Crippen molar-refractivity contribution in [2.75, 3.05) is 5.32 Å². The molecule has 1 amide bonds. The number of carbonyl (C=O) groups is 1. The Hall–Kier alpha value is -1.75. The zero-order valence-corrected chi connectivity index (χ0v) is 10.2. The smallest absolute Gasteiger partial charge is 0.256 e. The van der Waals surface area contributed by atoms with Gasteiger partial charge in [0.25, 0.3) is 5.91 Å². The number of amides is 1. The van der Waals surface area contributed by atoms with Crippen molar-refractivity contribution in [2.45, 2.75) is 0 Å². The number of halogens is 2. The first-order chi connectivity index (χ1) is 8.15. The van der Waals surface area contributed by atoms with Gasteiger partial charge in [0.05, 0.1) is 0 Å². The Morgan fingerprint density at radius 3 is 2.59 bits per heavy atom. The molecule has 5 heteroatoms. The van der Waals surface area contributed by atoms with E-state index in [9.17, 15) is 9.18 Å². The van der Waals surface area contributed by atoms with Crippen molar-refractivity contribution in [3.63, 3.8) is 0 Å². The van der Waals surface area contributed by atoms with Crippen LogP contribution in [0, 0.1) is 5.82 Å². The van der Waals surface area contributed by atoms with Gasteiger partial charge in [0.2, 0.25) is 0 Å². The molecule has 0 unspecified atom stereocenters. The van der Waals surface area contributed by atoms with Crippen molar-refractivity contribution in [1.82, 2.24) is 4.98 Å². The van der Waals surface area contributed by atoms with Crippen LogP contribution < -0.4 is 5.32 Å². The Morgan fingerprint density at radius 1 is 1.24 bits per heavy atom. The number of carbonyl (C=O) groups excluding carboxylic acids is 1. The monoisotopic (exact) mass is 294 g/mol. The molecule has 1 N–H and O–H groups in total. The van der Waals surface area contributed by atoms with E-state index in [0.717, 1.165) is 4.47 Å². The van der Waals surface area contributed by atoms with E-state index >= 15 is 0 Å². The van der Waals surface area contributed by atoms with Gasteiger partial charge >= 0.3 is 0 Å². The molecule has 0 aliphatic rings. The number of benzene rings is 1. The molecular formula is C12H8BrFN2O. The van der Waals surface area contributed by atoms with Crippen molar-refractivity contribution in [2.24, 2.45) is 0 Å². The van der Waals surface area contributed by atoms with Gasteiger partial charge in [-0.25, -0.2) is 9.37 Å². The third-order valence-electron chi connectivity index (χ3n) is 2.07. The molecule has 2 aromatic rings. The van der Waals surface area contributed by atoms with Gasteiger partial charge in [0.1, 0.15) is 11.6 Å². The number of anilines is 1. The van der Waals surface area contributed by atoms with E-state index in [-0.39, 0.29) is 11.7 Å². The lowest BCUT2D eigenvalue weighted by Crippen LogP contribution is -2.12. The molecule has 1 aromatic heterocycles. The molecule has 86 valence electrons. The van der Waals surface area contributed by atoms with Crippen molar-refractivity contribution in [1.29, 1.82) is 0 Å². The Balaban J connectivity index is 2.14. The van der Waals surface area contributed by atoms with Gasteiger partial charge in [-0.05, 0) is 36.4 Å². The van der Waals surface area contributed by atoms with Crippen LogP contribution in [0.15, 0.2) is 47.1 Å². The van der Waals surface area contributed by atoms with E-state index in [1.54, 1.807) is 18.3 Å². The molecule has 3 nitrogen and oxygen atoms in total.